The maximum Gasteiger partial charge on any atom is 0.337 e. The molecule has 0 saturated carbocycles. The van der Waals surface area contributed by atoms with E-state index in [4.69, 9.17) is 16.3 Å². The Kier molecular flexibility index (Phi) is 7.41. The number of nitrogens with one attached hydrogen (secondary N) is 1. The quantitative estimate of drug-likeness (QED) is 0.478. The van der Waals surface area contributed by atoms with Crippen LogP contribution in [0, 0.1) is 0 Å². The lowest BCUT2D eigenvalue weighted by atomic mass is 10.1. The first-order valence-corrected chi connectivity index (χ1v) is 11.9. The molecule has 3 aromatic rings. The molecule has 0 aliphatic heterocycles. The molecule has 174 valence electrons. The van der Waals surface area contributed by atoms with Gasteiger partial charge in [0.25, 0.3) is 0 Å². The molecule has 0 atom stereocenters. The minimum atomic E-state index is -3.79. The van der Waals surface area contributed by atoms with E-state index >= 15 is 0 Å². The van der Waals surface area contributed by atoms with E-state index in [1.165, 1.54) is 19.2 Å². The number of rotatable bonds is 7. The third kappa shape index (κ3) is 6.54. The minimum absolute atomic E-state index is 0.101. The second-order valence-electron chi connectivity index (χ2n) is 8.35. The van der Waals surface area contributed by atoms with Crippen LogP contribution in [0.5, 0.6) is 5.75 Å². The zero-order chi connectivity index (χ0) is 24.2. The van der Waals surface area contributed by atoms with Crippen molar-refractivity contribution in [2.45, 2.75) is 37.8 Å². The highest BCUT2D eigenvalue weighted by molar-refractivity contribution is 7.89. The van der Waals surface area contributed by atoms with Gasteiger partial charge in [0, 0.05) is 27.9 Å². The molecule has 0 fully saturated rings. The van der Waals surface area contributed by atoms with Crippen LogP contribution in [0.3, 0.4) is 0 Å². The third-order valence-electron chi connectivity index (χ3n) is 4.45. The van der Waals surface area contributed by atoms with Crippen LogP contribution in [-0.4, -0.2) is 32.0 Å². The fraction of sp³-hybridized carbons (Fsp3) is 0.250. The summed E-state index contributed by atoms with van der Waals surface area (Å²) in [5.74, 6) is 0.171. The van der Waals surface area contributed by atoms with Crippen molar-refractivity contribution >= 4 is 27.6 Å². The van der Waals surface area contributed by atoms with Crippen LogP contribution in [0.25, 0.3) is 11.3 Å². The second kappa shape index (κ2) is 9.91. The summed E-state index contributed by atoms with van der Waals surface area (Å²) >= 11 is 6.15. The van der Waals surface area contributed by atoms with Crippen molar-refractivity contribution in [3.8, 4) is 17.0 Å². The lowest BCUT2D eigenvalue weighted by Gasteiger charge is -2.21. The van der Waals surface area contributed by atoms with Gasteiger partial charge in [-0.1, -0.05) is 17.7 Å². The van der Waals surface area contributed by atoms with Crippen molar-refractivity contribution in [3.05, 3.63) is 76.9 Å². The number of sulfonamides is 1. The van der Waals surface area contributed by atoms with Gasteiger partial charge in [-0.3, -0.25) is 4.98 Å². The summed E-state index contributed by atoms with van der Waals surface area (Å²) in [6.07, 6.45) is 1.62. The van der Waals surface area contributed by atoms with Crippen molar-refractivity contribution in [3.63, 3.8) is 0 Å². The Morgan fingerprint density at radius 1 is 1.06 bits per heavy atom. The summed E-state index contributed by atoms with van der Waals surface area (Å²) in [6, 6.07) is 14.7. The molecular weight excluding hydrogens is 464 g/mol. The van der Waals surface area contributed by atoms with E-state index in [1.54, 1.807) is 69.4 Å². The fourth-order valence-corrected chi connectivity index (χ4v) is 4.82. The van der Waals surface area contributed by atoms with Gasteiger partial charge < -0.3 is 9.47 Å². The van der Waals surface area contributed by atoms with E-state index in [0.717, 1.165) is 5.56 Å². The van der Waals surface area contributed by atoms with Gasteiger partial charge in [-0.25, -0.2) is 17.9 Å². The molecule has 0 bridgehead atoms. The van der Waals surface area contributed by atoms with Gasteiger partial charge in [0.1, 0.15) is 12.4 Å². The van der Waals surface area contributed by atoms with Crippen LogP contribution in [0.1, 0.15) is 36.7 Å². The molecule has 0 aliphatic rings. The van der Waals surface area contributed by atoms with E-state index < -0.39 is 21.5 Å². The van der Waals surface area contributed by atoms with Crippen LogP contribution in [0.15, 0.2) is 65.7 Å². The number of carbonyl (C=O) groups is 1. The smallest absolute Gasteiger partial charge is 0.337 e. The molecule has 0 saturated heterocycles. The highest BCUT2D eigenvalue weighted by Crippen LogP contribution is 2.30. The Morgan fingerprint density at radius 2 is 1.76 bits per heavy atom. The number of carbonyl (C=O) groups excluding carboxylic acids is 1. The fourth-order valence-electron chi connectivity index (χ4n) is 3.04. The number of nitrogens with zero attached hydrogens (tertiary/aromatic N) is 1. The highest BCUT2D eigenvalue weighted by Gasteiger charge is 2.25. The van der Waals surface area contributed by atoms with Gasteiger partial charge in [0.15, 0.2) is 0 Å². The number of esters is 1. The Balaban J connectivity index is 1.79. The summed E-state index contributed by atoms with van der Waals surface area (Å²) < 4.78 is 38.9. The van der Waals surface area contributed by atoms with Crippen LogP contribution in [0.4, 0.5) is 0 Å². The number of aromatic nitrogens is 1. The number of hydrogen-bond acceptors (Lipinski definition) is 6. The molecule has 0 unspecified atom stereocenters. The first kappa shape index (κ1) is 24.7. The number of pyridine rings is 1. The van der Waals surface area contributed by atoms with Gasteiger partial charge in [0.05, 0.1) is 23.3 Å². The first-order chi connectivity index (χ1) is 15.5. The molecule has 7 nitrogen and oxygen atoms in total. The molecule has 2 aromatic carbocycles. The van der Waals surface area contributed by atoms with Gasteiger partial charge in [0.2, 0.25) is 10.0 Å². The van der Waals surface area contributed by atoms with E-state index in [0.29, 0.717) is 27.6 Å². The van der Waals surface area contributed by atoms with Gasteiger partial charge in [-0.05, 0) is 69.3 Å². The van der Waals surface area contributed by atoms with Crippen LogP contribution in [-0.2, 0) is 21.4 Å². The predicted octanol–water partition coefficient (Wildman–Crippen LogP) is 4.84. The monoisotopic (exact) mass is 488 g/mol. The minimum Gasteiger partial charge on any atom is -0.489 e. The summed E-state index contributed by atoms with van der Waals surface area (Å²) in [6.45, 7) is 5.57. The number of methoxy groups -OCH3 is 1. The number of hydrogen-bond donors (Lipinski definition) is 1. The zero-order valence-corrected chi connectivity index (χ0v) is 20.3. The largest absolute Gasteiger partial charge is 0.489 e. The summed E-state index contributed by atoms with van der Waals surface area (Å²) in [5, 5.41) is 0.407. The highest BCUT2D eigenvalue weighted by atomic mass is 35.5. The van der Waals surface area contributed by atoms with E-state index in [2.05, 4.69) is 14.4 Å². The lowest BCUT2D eigenvalue weighted by Crippen LogP contribution is -2.40. The normalized spacial score (nSPS) is 11.8. The molecule has 1 aromatic heterocycles. The number of ether oxygens (including phenoxy) is 2. The second-order valence-corrected chi connectivity index (χ2v) is 10.4. The number of halogens is 1. The Morgan fingerprint density at radius 3 is 2.33 bits per heavy atom. The molecule has 9 heteroatoms. The van der Waals surface area contributed by atoms with Gasteiger partial charge in [-0.2, -0.15) is 0 Å². The number of benzene rings is 2. The molecule has 0 amide bonds. The maximum atomic E-state index is 12.9. The lowest BCUT2D eigenvalue weighted by molar-refractivity contribution is 0.0600. The van der Waals surface area contributed by atoms with Crippen molar-refractivity contribution in [1.82, 2.24) is 9.71 Å². The van der Waals surface area contributed by atoms with Crippen LogP contribution in [0.2, 0.25) is 5.02 Å². The molecular formula is C24H25ClN2O5S. The summed E-state index contributed by atoms with van der Waals surface area (Å²) in [4.78, 5) is 16.0. The molecule has 33 heavy (non-hydrogen) atoms. The van der Waals surface area contributed by atoms with Crippen molar-refractivity contribution in [2.24, 2.45) is 0 Å². The zero-order valence-electron chi connectivity index (χ0n) is 18.8. The molecule has 0 aliphatic carbocycles. The Hall–Kier alpha value is -2.94. The van der Waals surface area contributed by atoms with Crippen LogP contribution < -0.4 is 9.46 Å². The molecule has 1 N–H and O–H groups in total. The molecule has 0 radical (unpaired) electrons. The van der Waals surface area contributed by atoms with E-state index in [-0.39, 0.29) is 11.5 Å². The first-order valence-electron chi connectivity index (χ1n) is 10.1. The van der Waals surface area contributed by atoms with Crippen molar-refractivity contribution in [1.29, 1.82) is 0 Å². The summed E-state index contributed by atoms with van der Waals surface area (Å²) in [5.41, 5.74) is 1.46. The SMILES string of the molecule is COC(=O)c1ccc(OCc2ccc(-c3cc(Cl)ccc3S(=O)(=O)NC(C)(C)C)nc2)cc1. The average Bonchev–Trinajstić information content (AvgIpc) is 2.76. The van der Waals surface area contributed by atoms with E-state index in [9.17, 15) is 13.2 Å². The van der Waals surface area contributed by atoms with Gasteiger partial charge >= 0.3 is 5.97 Å². The Labute approximate surface area is 198 Å². The predicted molar refractivity (Wildman–Crippen MR) is 127 cm³/mol. The Bertz CT molecular complexity index is 1240. The standard InChI is InChI=1S/C24H25ClN2O5S/c1-24(2,3)27-33(29,30)22-12-8-18(25)13-20(22)21-11-5-16(14-26-21)15-32-19-9-6-17(7-10-19)23(28)31-4/h5-14,27H,15H2,1-4H3. The molecule has 0 spiro atoms. The summed E-state index contributed by atoms with van der Waals surface area (Å²) in [7, 11) is -2.46. The molecule has 1 heterocycles. The third-order valence-corrected chi connectivity index (χ3v) is 6.50. The molecule has 3 rings (SSSR count). The van der Waals surface area contributed by atoms with Gasteiger partial charge in [-0.15, -0.1) is 0 Å². The van der Waals surface area contributed by atoms with Crippen molar-refractivity contribution in [2.75, 3.05) is 7.11 Å². The average molecular weight is 489 g/mol. The van der Waals surface area contributed by atoms with Crippen LogP contribution >= 0.6 is 11.6 Å². The maximum absolute atomic E-state index is 12.9. The van der Waals surface area contributed by atoms with E-state index in [1.807, 2.05) is 0 Å². The van der Waals surface area contributed by atoms with Crippen molar-refractivity contribution < 1.29 is 22.7 Å². The topological polar surface area (TPSA) is 94.6 Å².